The van der Waals surface area contributed by atoms with Crippen LogP contribution in [0.1, 0.15) is 6.42 Å². The third-order valence-electron chi connectivity index (χ3n) is 0.599. The molecule has 0 saturated heterocycles. The first-order valence-corrected chi connectivity index (χ1v) is 4.83. The fourth-order valence-corrected chi connectivity index (χ4v) is 0.189. The summed E-state index contributed by atoms with van der Waals surface area (Å²) >= 11 is 0. The predicted molar refractivity (Wildman–Crippen MR) is 42.8 cm³/mol. The summed E-state index contributed by atoms with van der Waals surface area (Å²) in [6.07, 6.45) is 0.216. The van der Waals surface area contributed by atoms with Gasteiger partial charge in [0.05, 0.1) is 24.8 Å². The molecular formula is C5H12N2O4S. The molecule has 12 heavy (non-hydrogen) atoms. The van der Waals surface area contributed by atoms with Gasteiger partial charge in [0.1, 0.15) is 0 Å². The van der Waals surface area contributed by atoms with Crippen molar-refractivity contribution >= 4 is 10.1 Å². The first-order chi connectivity index (χ1) is 5.31. The maximum Gasteiger partial charge on any atom is 0.261 e. The standard InChI is InChI=1S/C4H8N2O.CH4O3S/c5-2-1-4(7)3-6;1-5(2,3)4/h4,7H,1,3,6H2;1H3,(H,2,3,4)/t4-;/m1./s1. The molecule has 0 aromatic heterocycles. The SMILES string of the molecule is CS(=O)(=O)O.N#CC[C@@H](O)CN. The van der Waals surface area contributed by atoms with E-state index in [1.165, 1.54) is 0 Å². The quantitative estimate of drug-likeness (QED) is 0.472. The molecule has 0 rings (SSSR count). The molecule has 1 atom stereocenters. The Labute approximate surface area is 71.4 Å². The number of nitrogens with zero attached hydrogens (tertiary/aromatic N) is 1. The van der Waals surface area contributed by atoms with Gasteiger partial charge in [-0.05, 0) is 0 Å². The highest BCUT2D eigenvalue weighted by molar-refractivity contribution is 7.85. The van der Waals surface area contributed by atoms with E-state index in [0.717, 1.165) is 0 Å². The summed E-state index contributed by atoms with van der Waals surface area (Å²) in [7, 11) is -3.67. The molecule has 0 amide bonds. The van der Waals surface area contributed by atoms with E-state index in [9.17, 15) is 8.42 Å². The van der Waals surface area contributed by atoms with Gasteiger partial charge in [0.2, 0.25) is 0 Å². The molecule has 0 radical (unpaired) electrons. The third kappa shape index (κ3) is 34.6. The molecular weight excluding hydrogens is 184 g/mol. The largest absolute Gasteiger partial charge is 0.391 e. The average molecular weight is 196 g/mol. The minimum atomic E-state index is -3.67. The summed E-state index contributed by atoms with van der Waals surface area (Å²) in [5, 5.41) is 16.4. The fraction of sp³-hybridized carbons (Fsp3) is 0.800. The molecule has 0 aliphatic heterocycles. The molecule has 0 unspecified atom stereocenters. The van der Waals surface area contributed by atoms with Crippen molar-refractivity contribution < 1.29 is 18.1 Å². The van der Waals surface area contributed by atoms with Crippen molar-refractivity contribution in [3.63, 3.8) is 0 Å². The molecule has 6 nitrogen and oxygen atoms in total. The van der Waals surface area contributed by atoms with E-state index in [1.54, 1.807) is 6.07 Å². The average Bonchev–Trinajstić information content (AvgIpc) is 1.85. The summed E-state index contributed by atoms with van der Waals surface area (Å²) in [5.41, 5.74) is 4.96. The lowest BCUT2D eigenvalue weighted by Crippen LogP contribution is -2.18. The molecule has 0 fully saturated rings. The molecule has 0 aliphatic rings. The Bertz CT molecular complexity index is 222. The van der Waals surface area contributed by atoms with Crippen LogP contribution >= 0.6 is 0 Å². The Kier molecular flexibility index (Phi) is 8.09. The molecule has 0 saturated carbocycles. The van der Waals surface area contributed by atoms with Gasteiger partial charge >= 0.3 is 0 Å². The van der Waals surface area contributed by atoms with Crippen molar-refractivity contribution in [2.45, 2.75) is 12.5 Å². The highest BCUT2D eigenvalue weighted by Crippen LogP contribution is 1.82. The zero-order valence-corrected chi connectivity index (χ0v) is 7.45. The van der Waals surface area contributed by atoms with Crippen molar-refractivity contribution in [2.24, 2.45) is 5.73 Å². The number of nitrogens with two attached hydrogens (primary N) is 1. The number of aliphatic hydroxyl groups excluding tert-OH is 1. The predicted octanol–water partition coefficient (Wildman–Crippen LogP) is -1.28. The van der Waals surface area contributed by atoms with Crippen molar-refractivity contribution in [3.05, 3.63) is 0 Å². The van der Waals surface area contributed by atoms with Crippen LogP contribution in [0.15, 0.2) is 0 Å². The molecule has 0 aromatic carbocycles. The topological polar surface area (TPSA) is 124 Å². The fourth-order valence-electron chi connectivity index (χ4n) is 0.189. The first kappa shape index (κ1) is 13.9. The van der Waals surface area contributed by atoms with E-state index in [1.807, 2.05) is 0 Å². The number of hydrogen-bond donors (Lipinski definition) is 3. The summed E-state index contributed by atoms with van der Waals surface area (Å²) in [6.45, 7) is 0.174. The second-order valence-electron chi connectivity index (χ2n) is 1.98. The third-order valence-corrected chi connectivity index (χ3v) is 0.599. The van der Waals surface area contributed by atoms with E-state index >= 15 is 0 Å². The smallest absolute Gasteiger partial charge is 0.261 e. The van der Waals surface area contributed by atoms with Crippen LogP contribution in [0.2, 0.25) is 0 Å². The van der Waals surface area contributed by atoms with Crippen molar-refractivity contribution in [1.82, 2.24) is 0 Å². The molecule has 0 bridgehead atoms. The van der Waals surface area contributed by atoms with Crippen molar-refractivity contribution in [2.75, 3.05) is 12.8 Å². The van der Waals surface area contributed by atoms with Crippen LogP contribution in [0, 0.1) is 11.3 Å². The van der Waals surface area contributed by atoms with Crippen LogP contribution in [-0.2, 0) is 10.1 Å². The highest BCUT2D eigenvalue weighted by atomic mass is 32.2. The monoisotopic (exact) mass is 196 g/mol. The Morgan fingerprint density at radius 3 is 2.08 bits per heavy atom. The van der Waals surface area contributed by atoms with Crippen LogP contribution in [0.25, 0.3) is 0 Å². The second kappa shape index (κ2) is 7.00. The number of nitriles is 1. The maximum absolute atomic E-state index is 9.19. The van der Waals surface area contributed by atoms with E-state index < -0.39 is 16.2 Å². The lowest BCUT2D eigenvalue weighted by Gasteiger charge is -1.96. The Morgan fingerprint density at radius 1 is 1.67 bits per heavy atom. The lowest BCUT2D eigenvalue weighted by atomic mass is 10.3. The molecule has 0 spiro atoms. The zero-order valence-electron chi connectivity index (χ0n) is 6.64. The van der Waals surface area contributed by atoms with Crippen LogP contribution in [0.4, 0.5) is 0 Å². The minimum Gasteiger partial charge on any atom is -0.391 e. The van der Waals surface area contributed by atoms with Gasteiger partial charge in [0.25, 0.3) is 10.1 Å². The van der Waals surface area contributed by atoms with Gasteiger partial charge in [-0.25, -0.2) is 0 Å². The summed E-state index contributed by atoms with van der Waals surface area (Å²) in [4.78, 5) is 0. The van der Waals surface area contributed by atoms with Gasteiger partial charge in [-0.1, -0.05) is 0 Å². The maximum atomic E-state index is 9.19. The highest BCUT2D eigenvalue weighted by Gasteiger charge is 1.95. The van der Waals surface area contributed by atoms with Gasteiger partial charge in [0.15, 0.2) is 0 Å². The van der Waals surface area contributed by atoms with E-state index in [-0.39, 0.29) is 13.0 Å². The number of aliphatic hydroxyl groups is 1. The summed E-state index contributed by atoms with van der Waals surface area (Å²) < 4.78 is 25.9. The van der Waals surface area contributed by atoms with Gasteiger partial charge in [-0.15, -0.1) is 0 Å². The van der Waals surface area contributed by atoms with Gasteiger partial charge in [-0.3, -0.25) is 4.55 Å². The molecule has 7 heteroatoms. The number of rotatable bonds is 2. The van der Waals surface area contributed by atoms with Gasteiger partial charge in [0, 0.05) is 6.54 Å². The number of hydrogen-bond acceptors (Lipinski definition) is 5. The lowest BCUT2D eigenvalue weighted by molar-refractivity contribution is 0.188. The molecule has 72 valence electrons. The normalized spacial score (nSPS) is 12.2. The Hall–Kier alpha value is -0.680. The van der Waals surface area contributed by atoms with Crippen molar-refractivity contribution in [1.29, 1.82) is 5.26 Å². The molecule has 4 N–H and O–H groups in total. The Balaban J connectivity index is 0. The Morgan fingerprint density at radius 2 is 2.00 bits per heavy atom. The van der Waals surface area contributed by atoms with E-state index in [2.05, 4.69) is 0 Å². The molecule has 0 aliphatic carbocycles. The minimum absolute atomic E-state index is 0.135. The molecule has 0 aromatic rings. The van der Waals surface area contributed by atoms with E-state index in [0.29, 0.717) is 6.26 Å². The first-order valence-electron chi connectivity index (χ1n) is 2.98. The van der Waals surface area contributed by atoms with Crippen LogP contribution in [0.3, 0.4) is 0 Å². The summed E-state index contributed by atoms with van der Waals surface area (Å²) in [6, 6.07) is 1.79. The van der Waals surface area contributed by atoms with Crippen LogP contribution < -0.4 is 5.73 Å². The molecule has 0 heterocycles. The van der Waals surface area contributed by atoms with E-state index in [4.69, 9.17) is 20.7 Å². The van der Waals surface area contributed by atoms with Crippen molar-refractivity contribution in [3.8, 4) is 6.07 Å². The van der Waals surface area contributed by atoms with Gasteiger partial charge < -0.3 is 10.8 Å². The summed E-state index contributed by atoms with van der Waals surface area (Å²) in [5.74, 6) is 0. The van der Waals surface area contributed by atoms with Gasteiger partial charge in [-0.2, -0.15) is 13.7 Å². The second-order valence-corrected chi connectivity index (χ2v) is 3.45. The van der Waals surface area contributed by atoms with Crippen LogP contribution in [0.5, 0.6) is 0 Å². The zero-order chi connectivity index (χ0) is 10.2. The van der Waals surface area contributed by atoms with Crippen LogP contribution in [-0.4, -0.2) is 37.0 Å².